The minimum absolute atomic E-state index is 0.121. The molecule has 1 N–H and O–H groups in total. The van der Waals surface area contributed by atoms with Gasteiger partial charge in [-0.1, -0.05) is 6.92 Å². The molecule has 0 unspecified atom stereocenters. The normalized spacial score (nSPS) is 10.4. The van der Waals surface area contributed by atoms with Crippen molar-refractivity contribution in [1.29, 1.82) is 0 Å². The molecule has 1 amide bonds. The number of hydrogen-bond acceptors (Lipinski definition) is 8. The van der Waals surface area contributed by atoms with Gasteiger partial charge in [0.1, 0.15) is 16.5 Å². The van der Waals surface area contributed by atoms with E-state index in [9.17, 15) is 14.4 Å². The Morgan fingerprint density at radius 1 is 1.03 bits per heavy atom. The smallest absolute Gasteiger partial charge is 0.341 e. The van der Waals surface area contributed by atoms with Crippen LogP contribution in [0, 0.1) is 6.92 Å². The van der Waals surface area contributed by atoms with Gasteiger partial charge in [-0.25, -0.2) is 4.79 Å². The minimum atomic E-state index is -0.512. The lowest BCUT2D eigenvalue weighted by atomic mass is 10.1. The molecule has 0 bridgehead atoms. The van der Waals surface area contributed by atoms with Crippen molar-refractivity contribution in [3.05, 3.63) is 40.3 Å². The molecule has 0 atom stereocenters. The van der Waals surface area contributed by atoms with Crippen molar-refractivity contribution in [2.24, 2.45) is 0 Å². The number of thiophene rings is 1. The van der Waals surface area contributed by atoms with Crippen LogP contribution in [0.2, 0.25) is 0 Å². The lowest BCUT2D eigenvalue weighted by molar-refractivity contribution is -0.147. The number of hydrogen-bond donors (Lipinski definition) is 1. The number of anilines is 1. The fraction of sp³-hybridized carbons (Fsp3) is 0.435. The van der Waals surface area contributed by atoms with Crippen LogP contribution < -0.4 is 14.8 Å². The Bertz CT molecular complexity index is 921. The minimum Gasteiger partial charge on any atom is -0.497 e. The van der Waals surface area contributed by atoms with Gasteiger partial charge >= 0.3 is 11.9 Å². The number of methoxy groups -OCH3 is 1. The summed E-state index contributed by atoms with van der Waals surface area (Å²) >= 11 is 1.32. The molecular formula is C23H29NO7S. The summed E-state index contributed by atoms with van der Waals surface area (Å²) in [5, 5.41) is 3.07. The van der Waals surface area contributed by atoms with E-state index in [1.807, 2.05) is 13.8 Å². The second-order valence-corrected chi connectivity index (χ2v) is 7.87. The fourth-order valence-electron chi connectivity index (χ4n) is 2.89. The number of aryl methyl sites for hydroxylation is 1. The molecule has 9 heteroatoms. The van der Waals surface area contributed by atoms with E-state index in [0.29, 0.717) is 29.3 Å². The second kappa shape index (κ2) is 12.7. The molecule has 32 heavy (non-hydrogen) atoms. The SMILES string of the molecule is CCOC(=O)c1c(NC(=O)COC(=O)CCCOc2ccc(OC)cc2)sc(CC)c1C. The van der Waals surface area contributed by atoms with Crippen LogP contribution in [0.25, 0.3) is 0 Å². The Hall–Kier alpha value is -3.07. The Morgan fingerprint density at radius 2 is 1.72 bits per heavy atom. The Morgan fingerprint density at radius 3 is 2.34 bits per heavy atom. The molecular weight excluding hydrogens is 434 g/mol. The third kappa shape index (κ3) is 7.26. The van der Waals surface area contributed by atoms with E-state index >= 15 is 0 Å². The summed E-state index contributed by atoms with van der Waals surface area (Å²) < 4.78 is 20.8. The highest BCUT2D eigenvalue weighted by Crippen LogP contribution is 2.34. The van der Waals surface area contributed by atoms with E-state index in [2.05, 4.69) is 5.32 Å². The second-order valence-electron chi connectivity index (χ2n) is 6.76. The molecule has 0 radical (unpaired) electrons. The topological polar surface area (TPSA) is 100 Å². The highest BCUT2D eigenvalue weighted by atomic mass is 32.1. The maximum absolute atomic E-state index is 12.3. The van der Waals surface area contributed by atoms with E-state index in [1.54, 1.807) is 38.3 Å². The molecule has 174 valence electrons. The van der Waals surface area contributed by atoms with Crippen LogP contribution >= 0.6 is 11.3 Å². The first-order chi connectivity index (χ1) is 15.4. The third-order valence-electron chi connectivity index (χ3n) is 4.52. The Balaban J connectivity index is 1.77. The predicted octanol–water partition coefficient (Wildman–Crippen LogP) is 4.15. The van der Waals surface area contributed by atoms with Crippen molar-refractivity contribution < 1.29 is 33.3 Å². The van der Waals surface area contributed by atoms with E-state index in [4.69, 9.17) is 18.9 Å². The molecule has 0 spiro atoms. The number of ether oxygens (including phenoxy) is 4. The zero-order chi connectivity index (χ0) is 23.5. The van der Waals surface area contributed by atoms with Gasteiger partial charge in [0.05, 0.1) is 25.9 Å². The van der Waals surface area contributed by atoms with Crippen molar-refractivity contribution in [3.8, 4) is 11.5 Å². The molecule has 0 aliphatic carbocycles. The monoisotopic (exact) mass is 463 g/mol. The third-order valence-corrected chi connectivity index (χ3v) is 5.87. The first-order valence-corrected chi connectivity index (χ1v) is 11.2. The average Bonchev–Trinajstić information content (AvgIpc) is 3.10. The number of nitrogens with one attached hydrogen (secondary N) is 1. The number of rotatable bonds is 12. The van der Waals surface area contributed by atoms with Crippen molar-refractivity contribution >= 4 is 34.2 Å². The van der Waals surface area contributed by atoms with Gasteiger partial charge in [-0.2, -0.15) is 0 Å². The quantitative estimate of drug-likeness (QED) is 0.373. The lowest BCUT2D eigenvalue weighted by Gasteiger charge is -2.09. The predicted molar refractivity (Wildman–Crippen MR) is 122 cm³/mol. The number of carbonyl (C=O) groups excluding carboxylic acids is 3. The number of carbonyl (C=O) groups is 3. The summed E-state index contributed by atoms with van der Waals surface area (Å²) in [6, 6.07) is 7.13. The first kappa shape index (κ1) is 25.2. The molecule has 2 rings (SSSR count). The summed E-state index contributed by atoms with van der Waals surface area (Å²) in [6.45, 7) is 5.66. The fourth-order valence-corrected chi connectivity index (χ4v) is 4.04. The molecule has 0 aliphatic heterocycles. The molecule has 1 aromatic heterocycles. The summed E-state index contributed by atoms with van der Waals surface area (Å²) in [5.41, 5.74) is 1.14. The zero-order valence-corrected chi connectivity index (χ0v) is 19.6. The van der Waals surface area contributed by atoms with Crippen LogP contribution in [-0.2, 0) is 25.5 Å². The molecule has 0 aliphatic rings. The van der Waals surface area contributed by atoms with Gasteiger partial charge in [0.25, 0.3) is 5.91 Å². The first-order valence-electron chi connectivity index (χ1n) is 10.4. The number of benzene rings is 1. The molecule has 1 heterocycles. The Kier molecular flexibility index (Phi) is 10.0. The van der Waals surface area contributed by atoms with Crippen molar-refractivity contribution in [3.63, 3.8) is 0 Å². The highest BCUT2D eigenvalue weighted by molar-refractivity contribution is 7.17. The standard InChI is InChI=1S/C23H29NO7S/c1-5-18-15(3)21(23(27)29-6-2)22(32-18)24-19(25)14-31-20(26)8-7-13-30-17-11-9-16(28-4)10-12-17/h9-12H,5-8,13-14H2,1-4H3,(H,24,25). The Labute approximate surface area is 191 Å². The molecule has 1 aromatic carbocycles. The van der Waals surface area contributed by atoms with Gasteiger partial charge in [-0.15, -0.1) is 11.3 Å². The van der Waals surface area contributed by atoms with E-state index in [1.165, 1.54) is 11.3 Å². The summed E-state index contributed by atoms with van der Waals surface area (Å²) in [6.07, 6.45) is 1.30. The van der Waals surface area contributed by atoms with Gasteiger partial charge < -0.3 is 24.3 Å². The number of esters is 2. The van der Waals surface area contributed by atoms with Crippen molar-refractivity contribution in [2.75, 3.05) is 32.2 Å². The van der Waals surface area contributed by atoms with E-state index in [-0.39, 0.29) is 13.0 Å². The molecule has 0 fully saturated rings. The maximum Gasteiger partial charge on any atom is 0.341 e. The molecule has 0 saturated carbocycles. The molecule has 0 saturated heterocycles. The van der Waals surface area contributed by atoms with Crippen LogP contribution in [0.1, 0.15) is 47.5 Å². The summed E-state index contributed by atoms with van der Waals surface area (Å²) in [7, 11) is 1.59. The number of amides is 1. The molecule has 8 nitrogen and oxygen atoms in total. The summed E-state index contributed by atoms with van der Waals surface area (Å²) in [5.74, 6) is -0.0843. The van der Waals surface area contributed by atoms with E-state index < -0.39 is 24.5 Å². The lowest BCUT2D eigenvalue weighted by Crippen LogP contribution is -2.22. The zero-order valence-electron chi connectivity index (χ0n) is 18.8. The van der Waals surface area contributed by atoms with Gasteiger partial charge in [0.2, 0.25) is 0 Å². The van der Waals surface area contributed by atoms with Crippen LogP contribution in [0.5, 0.6) is 11.5 Å². The van der Waals surface area contributed by atoms with Crippen molar-refractivity contribution in [1.82, 2.24) is 0 Å². The van der Waals surface area contributed by atoms with Gasteiger partial charge in [0, 0.05) is 11.3 Å². The highest BCUT2D eigenvalue weighted by Gasteiger charge is 2.23. The maximum atomic E-state index is 12.3. The van der Waals surface area contributed by atoms with Crippen LogP contribution in [0.4, 0.5) is 5.00 Å². The van der Waals surface area contributed by atoms with E-state index in [0.717, 1.165) is 22.6 Å². The average molecular weight is 464 g/mol. The van der Waals surface area contributed by atoms with Gasteiger partial charge in [-0.3, -0.25) is 9.59 Å². The van der Waals surface area contributed by atoms with Gasteiger partial charge in [-0.05, 0) is 56.5 Å². The molecule has 2 aromatic rings. The van der Waals surface area contributed by atoms with Crippen LogP contribution in [0.15, 0.2) is 24.3 Å². The van der Waals surface area contributed by atoms with Crippen LogP contribution in [-0.4, -0.2) is 44.8 Å². The van der Waals surface area contributed by atoms with Crippen LogP contribution in [0.3, 0.4) is 0 Å². The summed E-state index contributed by atoms with van der Waals surface area (Å²) in [4.78, 5) is 37.4. The largest absolute Gasteiger partial charge is 0.497 e. The van der Waals surface area contributed by atoms with Crippen molar-refractivity contribution in [2.45, 2.75) is 40.0 Å². The van der Waals surface area contributed by atoms with Gasteiger partial charge in [0.15, 0.2) is 6.61 Å².